The van der Waals surface area contributed by atoms with E-state index in [0.717, 1.165) is 36.0 Å². The van der Waals surface area contributed by atoms with Crippen LogP contribution in [-0.4, -0.2) is 28.5 Å². The first-order valence-corrected chi connectivity index (χ1v) is 9.97. The zero-order valence-corrected chi connectivity index (χ0v) is 16.6. The number of imidazole rings is 1. The van der Waals surface area contributed by atoms with Crippen LogP contribution in [0.3, 0.4) is 0 Å². The van der Waals surface area contributed by atoms with Gasteiger partial charge < -0.3 is 19.9 Å². The lowest BCUT2D eigenvalue weighted by Crippen LogP contribution is -2.32. The van der Waals surface area contributed by atoms with Crippen LogP contribution in [0.2, 0.25) is 5.02 Å². The van der Waals surface area contributed by atoms with E-state index in [1.54, 1.807) is 12.3 Å². The van der Waals surface area contributed by atoms with E-state index < -0.39 is 0 Å². The van der Waals surface area contributed by atoms with Gasteiger partial charge in [-0.05, 0) is 55.2 Å². The van der Waals surface area contributed by atoms with E-state index in [1.807, 2.05) is 28.8 Å². The van der Waals surface area contributed by atoms with E-state index in [4.69, 9.17) is 11.6 Å². The standard InChI is InChI=1S/C21H24ClN5O/c1-15-8-10-26(11-9-15)19-5-3-17(4-6-19)25-21(28)23-12-18-14-27-13-16(22)2-7-20(27)24-18/h2-7,13-15H,8-12H2,1H3,(H2,23,25,28). The number of carbonyl (C=O) groups excluding carboxylic acids is 1. The number of aromatic nitrogens is 2. The maximum Gasteiger partial charge on any atom is 0.319 e. The van der Waals surface area contributed by atoms with Crippen LogP contribution in [0.25, 0.3) is 5.65 Å². The Hall–Kier alpha value is -2.73. The summed E-state index contributed by atoms with van der Waals surface area (Å²) >= 11 is 5.98. The number of nitrogens with one attached hydrogen (secondary N) is 2. The van der Waals surface area contributed by atoms with Crippen molar-refractivity contribution in [2.75, 3.05) is 23.3 Å². The third-order valence-electron chi connectivity index (χ3n) is 5.17. The SMILES string of the molecule is CC1CCN(c2ccc(NC(=O)NCc3cn4cc(Cl)ccc4n3)cc2)CC1. The molecular weight excluding hydrogens is 374 g/mol. The second-order valence-electron chi connectivity index (χ2n) is 7.37. The molecule has 0 aliphatic carbocycles. The minimum absolute atomic E-state index is 0.255. The van der Waals surface area contributed by atoms with Gasteiger partial charge in [0.1, 0.15) is 5.65 Å². The molecule has 0 saturated carbocycles. The number of halogens is 1. The molecule has 0 spiro atoms. The molecule has 1 aliphatic heterocycles. The third kappa shape index (κ3) is 4.39. The smallest absolute Gasteiger partial charge is 0.319 e. The molecular formula is C21H24ClN5O. The Labute approximate surface area is 169 Å². The Morgan fingerprint density at radius 1 is 1.14 bits per heavy atom. The van der Waals surface area contributed by atoms with Gasteiger partial charge in [-0.15, -0.1) is 0 Å². The van der Waals surface area contributed by atoms with E-state index in [1.165, 1.54) is 18.5 Å². The van der Waals surface area contributed by atoms with Crippen LogP contribution in [0.4, 0.5) is 16.2 Å². The Morgan fingerprint density at radius 2 is 1.89 bits per heavy atom. The number of hydrogen-bond acceptors (Lipinski definition) is 3. The molecule has 1 saturated heterocycles. The van der Waals surface area contributed by atoms with E-state index in [2.05, 4.69) is 39.6 Å². The molecule has 2 aromatic heterocycles. The number of piperidine rings is 1. The number of hydrogen-bond donors (Lipinski definition) is 2. The highest BCUT2D eigenvalue weighted by Crippen LogP contribution is 2.24. The summed E-state index contributed by atoms with van der Waals surface area (Å²) in [6.07, 6.45) is 6.11. The van der Waals surface area contributed by atoms with Crippen LogP contribution in [0, 0.1) is 5.92 Å². The van der Waals surface area contributed by atoms with Gasteiger partial charge in [0.05, 0.1) is 17.3 Å². The molecule has 0 atom stereocenters. The highest BCUT2D eigenvalue weighted by atomic mass is 35.5. The fourth-order valence-electron chi connectivity index (χ4n) is 3.47. The number of anilines is 2. The van der Waals surface area contributed by atoms with E-state index in [0.29, 0.717) is 11.6 Å². The monoisotopic (exact) mass is 397 g/mol. The first-order valence-electron chi connectivity index (χ1n) is 9.60. The maximum absolute atomic E-state index is 12.2. The van der Waals surface area contributed by atoms with Crippen molar-refractivity contribution < 1.29 is 4.79 Å². The van der Waals surface area contributed by atoms with Gasteiger partial charge in [0.25, 0.3) is 0 Å². The fraction of sp³-hybridized carbons (Fsp3) is 0.333. The van der Waals surface area contributed by atoms with Crippen LogP contribution in [-0.2, 0) is 6.54 Å². The first kappa shape index (κ1) is 18.6. The molecule has 3 heterocycles. The number of rotatable bonds is 4. The topological polar surface area (TPSA) is 61.7 Å². The summed E-state index contributed by atoms with van der Waals surface area (Å²) < 4.78 is 1.84. The Kier molecular flexibility index (Phi) is 5.39. The first-order chi connectivity index (χ1) is 13.6. The van der Waals surface area contributed by atoms with Gasteiger partial charge in [0.2, 0.25) is 0 Å². The molecule has 6 nitrogen and oxygen atoms in total. The molecule has 2 amide bonds. The minimum Gasteiger partial charge on any atom is -0.372 e. The quantitative estimate of drug-likeness (QED) is 0.679. The summed E-state index contributed by atoms with van der Waals surface area (Å²) in [6.45, 7) is 4.84. The van der Waals surface area contributed by atoms with Gasteiger partial charge in [-0.3, -0.25) is 0 Å². The predicted molar refractivity (Wildman–Crippen MR) is 113 cm³/mol. The van der Waals surface area contributed by atoms with Crippen molar-refractivity contribution in [3.05, 3.63) is 59.5 Å². The van der Waals surface area contributed by atoms with E-state index >= 15 is 0 Å². The van der Waals surface area contributed by atoms with Gasteiger partial charge in [0, 0.05) is 36.9 Å². The van der Waals surface area contributed by atoms with Crippen molar-refractivity contribution in [2.24, 2.45) is 5.92 Å². The van der Waals surface area contributed by atoms with Gasteiger partial charge in [0.15, 0.2) is 0 Å². The van der Waals surface area contributed by atoms with Crippen molar-refractivity contribution in [1.29, 1.82) is 0 Å². The van der Waals surface area contributed by atoms with Crippen molar-refractivity contribution in [3.8, 4) is 0 Å². The Morgan fingerprint density at radius 3 is 2.64 bits per heavy atom. The maximum atomic E-state index is 12.2. The molecule has 1 aliphatic rings. The number of carbonyl (C=O) groups is 1. The van der Waals surface area contributed by atoms with Crippen molar-refractivity contribution in [3.63, 3.8) is 0 Å². The number of benzene rings is 1. The lowest BCUT2D eigenvalue weighted by atomic mass is 9.99. The number of nitrogens with zero attached hydrogens (tertiary/aromatic N) is 3. The van der Waals surface area contributed by atoms with Crippen LogP contribution < -0.4 is 15.5 Å². The number of pyridine rings is 1. The van der Waals surface area contributed by atoms with Gasteiger partial charge in [-0.2, -0.15) is 0 Å². The molecule has 0 bridgehead atoms. The van der Waals surface area contributed by atoms with Crippen molar-refractivity contribution in [1.82, 2.24) is 14.7 Å². The molecule has 1 aromatic carbocycles. The third-order valence-corrected chi connectivity index (χ3v) is 5.39. The zero-order chi connectivity index (χ0) is 19.5. The summed E-state index contributed by atoms with van der Waals surface area (Å²) in [7, 11) is 0. The van der Waals surface area contributed by atoms with Crippen molar-refractivity contribution >= 4 is 34.7 Å². The summed E-state index contributed by atoms with van der Waals surface area (Å²) in [6, 6.07) is 11.4. The van der Waals surface area contributed by atoms with E-state index in [9.17, 15) is 4.79 Å². The average Bonchev–Trinajstić information content (AvgIpc) is 3.10. The summed E-state index contributed by atoms with van der Waals surface area (Å²) in [4.78, 5) is 19.0. The van der Waals surface area contributed by atoms with Crippen LogP contribution in [0.5, 0.6) is 0 Å². The molecule has 4 rings (SSSR count). The van der Waals surface area contributed by atoms with Crippen LogP contribution in [0.1, 0.15) is 25.5 Å². The average molecular weight is 398 g/mol. The second kappa shape index (κ2) is 8.10. The minimum atomic E-state index is -0.255. The number of urea groups is 1. The molecule has 0 unspecified atom stereocenters. The number of fused-ring (bicyclic) bond motifs is 1. The molecule has 0 radical (unpaired) electrons. The van der Waals surface area contributed by atoms with Gasteiger partial charge >= 0.3 is 6.03 Å². The summed E-state index contributed by atoms with van der Waals surface area (Å²) in [5, 5.41) is 6.35. The molecule has 3 aromatic rings. The molecule has 146 valence electrons. The van der Waals surface area contributed by atoms with Crippen LogP contribution in [0.15, 0.2) is 48.8 Å². The normalized spacial score (nSPS) is 15.0. The van der Waals surface area contributed by atoms with Crippen molar-refractivity contribution in [2.45, 2.75) is 26.3 Å². The molecule has 2 N–H and O–H groups in total. The highest BCUT2D eigenvalue weighted by Gasteiger charge is 2.16. The zero-order valence-electron chi connectivity index (χ0n) is 15.9. The Balaban J connectivity index is 1.30. The van der Waals surface area contributed by atoms with Crippen LogP contribution >= 0.6 is 11.6 Å². The summed E-state index contributed by atoms with van der Waals surface area (Å²) in [5.41, 5.74) is 3.55. The number of amides is 2. The van der Waals surface area contributed by atoms with Gasteiger partial charge in [-0.1, -0.05) is 18.5 Å². The molecule has 1 fully saturated rings. The predicted octanol–water partition coefficient (Wildman–Crippen LogP) is 4.55. The highest BCUT2D eigenvalue weighted by molar-refractivity contribution is 6.30. The van der Waals surface area contributed by atoms with Gasteiger partial charge in [-0.25, -0.2) is 9.78 Å². The molecule has 28 heavy (non-hydrogen) atoms. The lowest BCUT2D eigenvalue weighted by molar-refractivity contribution is 0.251. The van der Waals surface area contributed by atoms with E-state index in [-0.39, 0.29) is 6.03 Å². The second-order valence-corrected chi connectivity index (χ2v) is 7.81. The summed E-state index contributed by atoms with van der Waals surface area (Å²) in [5.74, 6) is 0.811. The lowest BCUT2D eigenvalue weighted by Gasteiger charge is -2.32. The molecule has 7 heteroatoms. The fourth-order valence-corrected chi connectivity index (χ4v) is 3.64. The largest absolute Gasteiger partial charge is 0.372 e. The Bertz CT molecular complexity index is 961.